The fourth-order valence-corrected chi connectivity index (χ4v) is 1.09. The first-order chi connectivity index (χ1) is 7.43. The van der Waals surface area contributed by atoms with Crippen LogP contribution >= 0.6 is 0 Å². The first kappa shape index (κ1) is 12.0. The molecule has 0 spiro atoms. The largest absolute Gasteiger partial charge is 0.364 e. The smallest absolute Gasteiger partial charge is 0.324 e. The number of amides is 3. The highest BCUT2D eigenvalue weighted by molar-refractivity contribution is 5.93. The van der Waals surface area contributed by atoms with Gasteiger partial charge in [0.05, 0.1) is 0 Å². The number of hydrogen-bond donors (Lipinski definition) is 1. The van der Waals surface area contributed by atoms with Crippen molar-refractivity contribution in [2.24, 2.45) is 5.73 Å². The lowest BCUT2D eigenvalue weighted by atomic mass is 10.3. The van der Waals surface area contributed by atoms with Crippen LogP contribution in [0, 0.1) is 6.07 Å². The first-order valence-corrected chi connectivity index (χ1v) is 4.57. The summed E-state index contributed by atoms with van der Waals surface area (Å²) in [4.78, 5) is 29.2. The van der Waals surface area contributed by atoms with Gasteiger partial charge >= 0.3 is 6.03 Å². The van der Waals surface area contributed by atoms with Gasteiger partial charge in [0, 0.05) is 27.2 Å². The molecule has 6 heteroatoms. The van der Waals surface area contributed by atoms with Crippen molar-refractivity contribution in [2.75, 3.05) is 26.0 Å². The van der Waals surface area contributed by atoms with Gasteiger partial charge in [0.15, 0.2) is 0 Å². The third-order valence-electron chi connectivity index (χ3n) is 1.93. The maximum atomic E-state index is 11.6. The van der Waals surface area contributed by atoms with Gasteiger partial charge in [-0.25, -0.2) is 9.78 Å². The molecule has 85 valence electrons. The number of carbonyl (C=O) groups excluding carboxylic acids is 2. The predicted octanol–water partition coefficient (Wildman–Crippen LogP) is 0.0985. The molecule has 0 aromatic carbocycles. The van der Waals surface area contributed by atoms with Gasteiger partial charge in [0.25, 0.3) is 5.91 Å². The number of pyridine rings is 1. The average Bonchev–Trinajstić information content (AvgIpc) is 2.27. The molecule has 0 atom stereocenters. The Morgan fingerprint density at radius 3 is 2.50 bits per heavy atom. The van der Waals surface area contributed by atoms with E-state index >= 15 is 0 Å². The molecule has 0 aliphatic carbocycles. The third kappa shape index (κ3) is 2.47. The molecule has 1 aromatic heterocycles. The number of aromatic nitrogens is 1. The fourth-order valence-electron chi connectivity index (χ4n) is 1.09. The Bertz CT molecular complexity index is 417. The van der Waals surface area contributed by atoms with E-state index in [1.807, 2.05) is 0 Å². The maximum absolute atomic E-state index is 11.6. The van der Waals surface area contributed by atoms with Crippen molar-refractivity contribution in [1.82, 2.24) is 9.88 Å². The summed E-state index contributed by atoms with van der Waals surface area (Å²) in [6.45, 7) is 0. The maximum Gasteiger partial charge on any atom is 0.324 e. The van der Waals surface area contributed by atoms with Crippen LogP contribution in [-0.2, 0) is 0 Å². The van der Waals surface area contributed by atoms with E-state index in [0.29, 0.717) is 5.82 Å². The van der Waals surface area contributed by atoms with Crippen LogP contribution in [0.2, 0.25) is 0 Å². The molecule has 1 aromatic rings. The van der Waals surface area contributed by atoms with E-state index in [1.165, 1.54) is 15.9 Å². The van der Waals surface area contributed by atoms with Gasteiger partial charge in [-0.1, -0.05) is 0 Å². The van der Waals surface area contributed by atoms with Gasteiger partial charge in [-0.05, 0) is 12.1 Å². The normalized spacial score (nSPS) is 9.69. The molecule has 0 saturated carbocycles. The van der Waals surface area contributed by atoms with Crippen molar-refractivity contribution in [1.29, 1.82) is 0 Å². The van der Waals surface area contributed by atoms with Gasteiger partial charge in [-0.3, -0.25) is 9.69 Å². The van der Waals surface area contributed by atoms with Crippen molar-refractivity contribution >= 4 is 17.8 Å². The molecule has 0 saturated heterocycles. The van der Waals surface area contributed by atoms with Crippen molar-refractivity contribution in [3.63, 3.8) is 0 Å². The number of primary amides is 1. The number of rotatable bonds is 2. The highest BCUT2D eigenvalue weighted by Crippen LogP contribution is 2.10. The Morgan fingerprint density at radius 2 is 2.00 bits per heavy atom. The third-order valence-corrected chi connectivity index (χ3v) is 1.93. The molecule has 2 N–H and O–H groups in total. The Kier molecular flexibility index (Phi) is 3.44. The standard InChI is InChI=1S/C10H13N4O2/c1-13(2)10(16)14(3)8-6-4-5-7(12-8)9(11)15/h4,6H,1-3H3,(H2,11,15). The van der Waals surface area contributed by atoms with Gasteiger partial charge in [0.1, 0.15) is 11.5 Å². The van der Waals surface area contributed by atoms with Crippen LogP contribution in [0.3, 0.4) is 0 Å². The topological polar surface area (TPSA) is 79.5 Å². The Hall–Kier alpha value is -2.11. The van der Waals surface area contributed by atoms with E-state index in [2.05, 4.69) is 11.1 Å². The zero-order valence-corrected chi connectivity index (χ0v) is 9.39. The van der Waals surface area contributed by atoms with Gasteiger partial charge < -0.3 is 10.6 Å². The molecular weight excluding hydrogens is 208 g/mol. The minimum absolute atomic E-state index is 0.0101. The molecule has 0 aliphatic rings. The molecular formula is C10H13N4O2. The highest BCUT2D eigenvalue weighted by Gasteiger charge is 2.14. The van der Waals surface area contributed by atoms with E-state index in [-0.39, 0.29) is 11.7 Å². The second kappa shape index (κ2) is 4.61. The van der Waals surface area contributed by atoms with E-state index in [4.69, 9.17) is 5.73 Å². The van der Waals surface area contributed by atoms with E-state index < -0.39 is 5.91 Å². The molecule has 0 fully saturated rings. The summed E-state index contributed by atoms with van der Waals surface area (Å²) in [6, 6.07) is 5.43. The van der Waals surface area contributed by atoms with Gasteiger partial charge in [-0.15, -0.1) is 0 Å². The Balaban J connectivity index is 3.00. The van der Waals surface area contributed by atoms with Crippen molar-refractivity contribution < 1.29 is 9.59 Å². The van der Waals surface area contributed by atoms with E-state index in [1.54, 1.807) is 27.2 Å². The number of urea groups is 1. The SMILES string of the molecule is CN(C)C(=O)N(C)c1cc[c]c(C(N)=O)n1. The van der Waals surface area contributed by atoms with Crippen molar-refractivity contribution in [3.8, 4) is 0 Å². The molecule has 16 heavy (non-hydrogen) atoms. The Labute approximate surface area is 93.7 Å². The summed E-state index contributed by atoms with van der Waals surface area (Å²) in [6.07, 6.45) is 0. The minimum Gasteiger partial charge on any atom is -0.364 e. The summed E-state index contributed by atoms with van der Waals surface area (Å²) in [7, 11) is 4.82. The molecule has 0 unspecified atom stereocenters. The summed E-state index contributed by atoms with van der Waals surface area (Å²) in [5.41, 5.74) is 5.08. The van der Waals surface area contributed by atoms with Crippen molar-refractivity contribution in [2.45, 2.75) is 0 Å². The number of anilines is 1. The summed E-state index contributed by atoms with van der Waals surface area (Å²) in [5, 5.41) is 0. The summed E-state index contributed by atoms with van der Waals surface area (Å²) < 4.78 is 0. The quantitative estimate of drug-likeness (QED) is 0.769. The molecule has 6 nitrogen and oxygen atoms in total. The zero-order chi connectivity index (χ0) is 12.3. The second-order valence-electron chi connectivity index (χ2n) is 3.40. The minimum atomic E-state index is -0.674. The van der Waals surface area contributed by atoms with Crippen LogP contribution in [0.4, 0.5) is 10.6 Å². The number of nitrogens with zero attached hydrogens (tertiary/aromatic N) is 3. The Morgan fingerprint density at radius 1 is 1.38 bits per heavy atom. The number of hydrogen-bond acceptors (Lipinski definition) is 3. The molecule has 0 bridgehead atoms. The monoisotopic (exact) mass is 221 g/mol. The molecule has 0 aliphatic heterocycles. The van der Waals surface area contributed by atoms with Crippen LogP contribution in [0.25, 0.3) is 0 Å². The molecule has 1 radical (unpaired) electrons. The zero-order valence-electron chi connectivity index (χ0n) is 9.39. The number of carbonyl (C=O) groups is 2. The predicted molar refractivity (Wildman–Crippen MR) is 59.1 cm³/mol. The lowest BCUT2D eigenvalue weighted by Crippen LogP contribution is -2.37. The van der Waals surface area contributed by atoms with Crippen molar-refractivity contribution in [3.05, 3.63) is 23.9 Å². The molecule has 3 amide bonds. The highest BCUT2D eigenvalue weighted by atomic mass is 16.2. The fraction of sp³-hybridized carbons (Fsp3) is 0.300. The molecule has 1 heterocycles. The van der Waals surface area contributed by atoms with Crippen LogP contribution in [-0.4, -0.2) is 43.0 Å². The van der Waals surface area contributed by atoms with Gasteiger partial charge in [0.2, 0.25) is 0 Å². The van der Waals surface area contributed by atoms with Crippen LogP contribution in [0.5, 0.6) is 0 Å². The average molecular weight is 221 g/mol. The van der Waals surface area contributed by atoms with Crippen LogP contribution < -0.4 is 10.6 Å². The van der Waals surface area contributed by atoms with Gasteiger partial charge in [-0.2, -0.15) is 0 Å². The van der Waals surface area contributed by atoms with Crippen LogP contribution in [0.15, 0.2) is 12.1 Å². The molecule has 1 rings (SSSR count). The number of nitrogens with two attached hydrogens (primary N) is 1. The van der Waals surface area contributed by atoms with E-state index in [0.717, 1.165) is 0 Å². The summed E-state index contributed by atoms with van der Waals surface area (Å²) >= 11 is 0. The lowest BCUT2D eigenvalue weighted by molar-refractivity contribution is 0.0995. The summed E-state index contributed by atoms with van der Waals surface area (Å²) in [5.74, 6) is -0.321. The van der Waals surface area contributed by atoms with E-state index in [9.17, 15) is 9.59 Å². The lowest BCUT2D eigenvalue weighted by Gasteiger charge is -2.20. The first-order valence-electron chi connectivity index (χ1n) is 4.57. The van der Waals surface area contributed by atoms with Crippen LogP contribution in [0.1, 0.15) is 10.5 Å². The second-order valence-corrected chi connectivity index (χ2v) is 3.40.